The summed E-state index contributed by atoms with van der Waals surface area (Å²) in [6.07, 6.45) is 0. The van der Waals surface area contributed by atoms with Gasteiger partial charge in [0.2, 0.25) is 0 Å². The first-order chi connectivity index (χ1) is 14.4. The van der Waals surface area contributed by atoms with E-state index in [2.05, 4.69) is 4.98 Å². The third-order valence-corrected chi connectivity index (χ3v) is 5.02. The minimum Gasteiger partial charge on any atom is -0.493 e. The van der Waals surface area contributed by atoms with Crippen molar-refractivity contribution in [3.8, 4) is 34.8 Å². The Kier molecular flexibility index (Phi) is 5.75. The summed E-state index contributed by atoms with van der Waals surface area (Å²) in [6, 6.07) is 14.8. The van der Waals surface area contributed by atoms with Gasteiger partial charge < -0.3 is 20.2 Å². The van der Waals surface area contributed by atoms with Crippen LogP contribution in [0.15, 0.2) is 41.2 Å². The number of aromatic nitrogens is 1. The van der Waals surface area contributed by atoms with Crippen LogP contribution in [0.5, 0.6) is 11.5 Å². The number of nitriles is 2. The molecular weight excluding hydrogens is 380 g/mol. The van der Waals surface area contributed by atoms with Gasteiger partial charge in [0.05, 0.1) is 7.11 Å². The summed E-state index contributed by atoms with van der Waals surface area (Å²) in [5.74, 6) is 0.812. The van der Waals surface area contributed by atoms with Gasteiger partial charge in [-0.1, -0.05) is 24.3 Å². The first-order valence-corrected chi connectivity index (χ1v) is 9.13. The highest BCUT2D eigenvalue weighted by Gasteiger charge is 2.19. The normalized spacial score (nSPS) is 10.2. The van der Waals surface area contributed by atoms with Crippen molar-refractivity contribution in [2.45, 2.75) is 20.5 Å². The lowest BCUT2D eigenvalue weighted by Gasteiger charge is -2.15. The Morgan fingerprint density at radius 3 is 2.47 bits per heavy atom. The quantitative estimate of drug-likeness (QED) is 0.674. The van der Waals surface area contributed by atoms with E-state index < -0.39 is 5.56 Å². The molecule has 0 saturated carbocycles. The maximum atomic E-state index is 12.2. The van der Waals surface area contributed by atoms with Crippen LogP contribution in [0.25, 0.3) is 11.1 Å². The Labute approximate surface area is 173 Å². The Bertz CT molecular complexity index is 1260. The number of hydrogen-bond donors (Lipinski definition) is 2. The van der Waals surface area contributed by atoms with Gasteiger partial charge in [-0.25, -0.2) is 0 Å². The van der Waals surface area contributed by atoms with Crippen LogP contribution in [0.4, 0.5) is 5.82 Å². The number of H-pyrrole nitrogens is 1. The molecule has 0 aliphatic rings. The van der Waals surface area contributed by atoms with Crippen molar-refractivity contribution in [1.29, 1.82) is 10.5 Å². The van der Waals surface area contributed by atoms with E-state index in [1.807, 2.05) is 44.2 Å². The Morgan fingerprint density at radius 1 is 1.07 bits per heavy atom. The van der Waals surface area contributed by atoms with Crippen LogP contribution >= 0.6 is 0 Å². The fourth-order valence-electron chi connectivity index (χ4n) is 3.20. The molecule has 1 heterocycles. The SMILES string of the molecule is COc1cc(-c2c(C#N)c(N)[nH]c(=O)c2C#N)ccc1OCc1cccc(C)c1C. The fraction of sp³-hybridized carbons (Fsp3) is 0.174. The lowest BCUT2D eigenvalue weighted by Crippen LogP contribution is -2.16. The molecule has 0 bridgehead atoms. The summed E-state index contributed by atoms with van der Waals surface area (Å²) in [6.45, 7) is 4.44. The molecule has 0 aliphatic heterocycles. The number of ether oxygens (including phenoxy) is 2. The van der Waals surface area contributed by atoms with E-state index in [0.717, 1.165) is 11.1 Å². The van der Waals surface area contributed by atoms with E-state index >= 15 is 0 Å². The van der Waals surface area contributed by atoms with Crippen molar-refractivity contribution in [3.63, 3.8) is 0 Å². The van der Waals surface area contributed by atoms with E-state index in [1.54, 1.807) is 18.2 Å². The summed E-state index contributed by atoms with van der Waals surface area (Å²) in [5, 5.41) is 18.9. The molecule has 1 aromatic heterocycles. The topological polar surface area (TPSA) is 125 Å². The molecule has 0 spiro atoms. The van der Waals surface area contributed by atoms with Crippen molar-refractivity contribution >= 4 is 5.82 Å². The maximum absolute atomic E-state index is 12.2. The Morgan fingerprint density at radius 2 is 1.80 bits per heavy atom. The molecular formula is C23H20N4O3. The highest BCUT2D eigenvalue weighted by molar-refractivity contribution is 5.81. The van der Waals surface area contributed by atoms with E-state index in [9.17, 15) is 15.3 Å². The molecule has 2 aromatic carbocycles. The number of nitrogens with two attached hydrogens (primary N) is 1. The number of hydrogen-bond acceptors (Lipinski definition) is 6. The summed E-state index contributed by atoms with van der Waals surface area (Å²) < 4.78 is 11.4. The molecule has 0 fully saturated rings. The van der Waals surface area contributed by atoms with Gasteiger partial charge in [0.1, 0.15) is 35.7 Å². The zero-order chi connectivity index (χ0) is 21.8. The average Bonchev–Trinajstić information content (AvgIpc) is 2.74. The van der Waals surface area contributed by atoms with Crippen molar-refractivity contribution < 1.29 is 9.47 Å². The fourth-order valence-corrected chi connectivity index (χ4v) is 3.20. The zero-order valence-corrected chi connectivity index (χ0v) is 16.9. The average molecular weight is 400 g/mol. The molecule has 0 aliphatic carbocycles. The number of rotatable bonds is 5. The second-order valence-corrected chi connectivity index (χ2v) is 6.73. The number of methoxy groups -OCH3 is 1. The van der Waals surface area contributed by atoms with Gasteiger partial charge in [0.25, 0.3) is 5.56 Å². The number of nitrogens with zero attached hydrogens (tertiary/aromatic N) is 2. The molecule has 30 heavy (non-hydrogen) atoms. The van der Waals surface area contributed by atoms with Crippen molar-refractivity contribution in [3.05, 3.63) is 74.6 Å². The van der Waals surface area contributed by atoms with E-state index in [-0.39, 0.29) is 22.5 Å². The number of anilines is 1. The van der Waals surface area contributed by atoms with Crippen LogP contribution in [-0.4, -0.2) is 12.1 Å². The van der Waals surface area contributed by atoms with Gasteiger partial charge in [-0.3, -0.25) is 4.79 Å². The van der Waals surface area contributed by atoms with Crippen LogP contribution in [-0.2, 0) is 6.61 Å². The Hall–Kier alpha value is -4.23. The smallest absolute Gasteiger partial charge is 0.268 e. The van der Waals surface area contributed by atoms with Crippen LogP contribution < -0.4 is 20.8 Å². The monoisotopic (exact) mass is 400 g/mol. The third kappa shape index (κ3) is 3.69. The second-order valence-electron chi connectivity index (χ2n) is 6.73. The van der Waals surface area contributed by atoms with E-state index in [0.29, 0.717) is 23.7 Å². The molecule has 150 valence electrons. The van der Waals surface area contributed by atoms with Crippen molar-refractivity contribution in [2.75, 3.05) is 12.8 Å². The third-order valence-electron chi connectivity index (χ3n) is 5.02. The first kappa shape index (κ1) is 20.5. The largest absolute Gasteiger partial charge is 0.493 e. The second kappa shape index (κ2) is 8.42. The zero-order valence-electron chi connectivity index (χ0n) is 16.9. The van der Waals surface area contributed by atoms with E-state index in [1.165, 1.54) is 12.7 Å². The number of pyridine rings is 1. The van der Waals surface area contributed by atoms with Crippen molar-refractivity contribution in [1.82, 2.24) is 4.98 Å². The number of benzene rings is 2. The number of aryl methyl sites for hydroxylation is 1. The van der Waals surface area contributed by atoms with Gasteiger partial charge >= 0.3 is 0 Å². The molecule has 3 rings (SSSR count). The standard InChI is InChI=1S/C23H20N4O3/c1-13-5-4-6-16(14(13)2)12-30-19-8-7-15(9-20(19)29-3)21-17(10-24)22(26)27-23(28)18(21)11-25/h4-9H,12H2,1-3H3,(H3,26,27,28). The predicted molar refractivity (Wildman–Crippen MR) is 113 cm³/mol. The molecule has 7 heteroatoms. The molecule has 3 N–H and O–H groups in total. The highest BCUT2D eigenvalue weighted by atomic mass is 16.5. The van der Waals surface area contributed by atoms with Gasteiger partial charge in [0, 0.05) is 5.56 Å². The van der Waals surface area contributed by atoms with Gasteiger partial charge in [-0.2, -0.15) is 10.5 Å². The molecule has 3 aromatic rings. The lowest BCUT2D eigenvalue weighted by molar-refractivity contribution is 0.284. The maximum Gasteiger partial charge on any atom is 0.268 e. The lowest BCUT2D eigenvalue weighted by atomic mass is 9.96. The number of aromatic amines is 1. The molecule has 7 nitrogen and oxygen atoms in total. The number of nitrogen functional groups attached to an aromatic ring is 1. The van der Waals surface area contributed by atoms with Crippen LogP contribution in [0.1, 0.15) is 27.8 Å². The van der Waals surface area contributed by atoms with Gasteiger partial charge in [-0.15, -0.1) is 0 Å². The van der Waals surface area contributed by atoms with E-state index in [4.69, 9.17) is 15.2 Å². The minimum atomic E-state index is -0.654. The molecule has 0 amide bonds. The van der Waals surface area contributed by atoms with Crippen LogP contribution in [0.3, 0.4) is 0 Å². The Balaban J connectivity index is 2.04. The minimum absolute atomic E-state index is 0.0252. The molecule has 0 atom stereocenters. The summed E-state index contributed by atoms with van der Waals surface area (Å²) >= 11 is 0. The number of nitrogens with one attached hydrogen (secondary N) is 1. The molecule has 0 saturated heterocycles. The van der Waals surface area contributed by atoms with Crippen LogP contribution in [0.2, 0.25) is 0 Å². The van der Waals surface area contributed by atoms with Gasteiger partial charge in [-0.05, 0) is 48.2 Å². The molecule has 0 radical (unpaired) electrons. The summed E-state index contributed by atoms with van der Waals surface area (Å²) in [5.41, 5.74) is 8.99. The summed E-state index contributed by atoms with van der Waals surface area (Å²) in [7, 11) is 1.49. The van der Waals surface area contributed by atoms with Crippen molar-refractivity contribution in [2.24, 2.45) is 0 Å². The first-order valence-electron chi connectivity index (χ1n) is 9.13. The van der Waals surface area contributed by atoms with Crippen LogP contribution in [0, 0.1) is 36.5 Å². The summed E-state index contributed by atoms with van der Waals surface area (Å²) in [4.78, 5) is 14.5. The predicted octanol–water partition coefficient (Wildman–Crippen LogP) is 3.57. The van der Waals surface area contributed by atoms with Gasteiger partial charge in [0.15, 0.2) is 11.5 Å². The molecule has 0 unspecified atom stereocenters. The highest BCUT2D eigenvalue weighted by Crippen LogP contribution is 2.36.